The van der Waals surface area contributed by atoms with Crippen molar-refractivity contribution >= 4 is 36.4 Å². The number of rotatable bonds is 4. The first-order valence-electron chi connectivity index (χ1n) is 10.6. The van der Waals surface area contributed by atoms with Crippen molar-refractivity contribution in [2.45, 2.75) is 50.6 Å². The Hall–Kier alpha value is -2.05. The van der Waals surface area contributed by atoms with Gasteiger partial charge < -0.3 is 10.2 Å². The van der Waals surface area contributed by atoms with E-state index in [1.807, 2.05) is 30.3 Å². The molecular formula is C22H25BClN5. The fraction of sp³-hybridized carbons (Fsp3) is 0.455. The van der Waals surface area contributed by atoms with Crippen molar-refractivity contribution in [3.8, 4) is 11.3 Å². The van der Waals surface area contributed by atoms with Crippen LogP contribution in [-0.4, -0.2) is 52.5 Å². The first-order chi connectivity index (χ1) is 14.2. The molecule has 1 aliphatic heterocycles. The molecule has 0 amide bonds. The highest BCUT2D eigenvalue weighted by atomic mass is 35.5. The predicted molar refractivity (Wildman–Crippen MR) is 119 cm³/mol. The van der Waals surface area contributed by atoms with Crippen molar-refractivity contribution in [2.24, 2.45) is 0 Å². The van der Waals surface area contributed by atoms with Gasteiger partial charge in [0.05, 0.1) is 5.69 Å². The van der Waals surface area contributed by atoms with Crippen molar-refractivity contribution in [3.05, 3.63) is 41.6 Å². The summed E-state index contributed by atoms with van der Waals surface area (Å²) in [6.45, 7) is 2.32. The molecule has 1 saturated heterocycles. The van der Waals surface area contributed by atoms with Gasteiger partial charge in [0, 0.05) is 48.0 Å². The molecule has 5 rings (SSSR count). The lowest BCUT2D eigenvalue weighted by atomic mass is 10.0. The van der Waals surface area contributed by atoms with Crippen LogP contribution >= 0.6 is 11.6 Å². The van der Waals surface area contributed by atoms with Crippen molar-refractivity contribution in [1.29, 1.82) is 0 Å². The summed E-state index contributed by atoms with van der Waals surface area (Å²) in [7, 11) is 6.14. The molecule has 3 aromatic rings. The number of nitrogens with one attached hydrogen (secondary N) is 1. The number of halogens is 1. The molecule has 29 heavy (non-hydrogen) atoms. The van der Waals surface area contributed by atoms with E-state index in [1.54, 1.807) is 10.7 Å². The zero-order valence-electron chi connectivity index (χ0n) is 16.5. The molecule has 1 aromatic carbocycles. The van der Waals surface area contributed by atoms with Gasteiger partial charge in [0.25, 0.3) is 0 Å². The van der Waals surface area contributed by atoms with Crippen molar-refractivity contribution in [1.82, 2.24) is 19.5 Å². The van der Waals surface area contributed by atoms with Crippen LogP contribution in [0.5, 0.6) is 0 Å². The zero-order valence-corrected chi connectivity index (χ0v) is 17.3. The van der Waals surface area contributed by atoms with Crippen molar-refractivity contribution in [3.63, 3.8) is 0 Å². The van der Waals surface area contributed by atoms with Gasteiger partial charge in [0.15, 0.2) is 5.65 Å². The van der Waals surface area contributed by atoms with Crippen LogP contribution in [0.3, 0.4) is 0 Å². The summed E-state index contributed by atoms with van der Waals surface area (Å²) in [6, 6.07) is 11.0. The van der Waals surface area contributed by atoms with Gasteiger partial charge in [-0.3, -0.25) is 0 Å². The second-order valence-corrected chi connectivity index (χ2v) is 8.64. The van der Waals surface area contributed by atoms with Crippen LogP contribution in [0.15, 0.2) is 36.5 Å². The number of hydrogen-bond donors (Lipinski definition) is 1. The Morgan fingerprint density at radius 3 is 2.59 bits per heavy atom. The maximum Gasteiger partial charge on any atom is 0.150 e. The molecule has 0 bridgehead atoms. The second-order valence-electron chi connectivity index (χ2n) is 8.23. The average Bonchev–Trinajstić information content (AvgIpc) is 3.40. The number of benzene rings is 1. The van der Waals surface area contributed by atoms with Crippen molar-refractivity contribution in [2.75, 3.05) is 18.4 Å². The SMILES string of the molecule is [B]c1cnn2c(NC3CCN(C4CCCC4)CC3)cc(-c3ccccc3Cl)nc12. The molecule has 2 radical (unpaired) electrons. The van der Waals surface area contributed by atoms with E-state index < -0.39 is 0 Å². The summed E-state index contributed by atoms with van der Waals surface area (Å²) in [5, 5.41) is 8.83. The number of fused-ring (bicyclic) bond motifs is 1. The molecule has 2 aromatic heterocycles. The Balaban J connectivity index is 1.40. The largest absolute Gasteiger partial charge is 0.367 e. The van der Waals surface area contributed by atoms with Crippen LogP contribution in [-0.2, 0) is 0 Å². The van der Waals surface area contributed by atoms with Crippen LogP contribution in [0.1, 0.15) is 38.5 Å². The van der Waals surface area contributed by atoms with E-state index in [0.29, 0.717) is 22.2 Å². The molecule has 5 nitrogen and oxygen atoms in total. The smallest absolute Gasteiger partial charge is 0.150 e. The highest BCUT2D eigenvalue weighted by Gasteiger charge is 2.27. The third-order valence-corrected chi connectivity index (χ3v) is 6.70. The molecule has 3 heterocycles. The molecule has 1 N–H and O–H groups in total. The Morgan fingerprint density at radius 1 is 1.07 bits per heavy atom. The van der Waals surface area contributed by atoms with Crippen LogP contribution in [0.25, 0.3) is 16.9 Å². The van der Waals surface area contributed by atoms with E-state index >= 15 is 0 Å². The lowest BCUT2D eigenvalue weighted by molar-refractivity contribution is 0.159. The molecule has 1 aliphatic carbocycles. The molecule has 2 aliphatic rings. The van der Waals surface area contributed by atoms with Crippen LogP contribution < -0.4 is 10.8 Å². The first-order valence-corrected chi connectivity index (χ1v) is 11.0. The zero-order chi connectivity index (χ0) is 19.8. The second kappa shape index (κ2) is 8.00. The first kappa shape index (κ1) is 19.0. The molecular weight excluding hydrogens is 381 g/mol. The van der Waals surface area contributed by atoms with Gasteiger partial charge >= 0.3 is 0 Å². The normalized spacial score (nSPS) is 19.2. The summed E-state index contributed by atoms with van der Waals surface area (Å²) in [5.41, 5.74) is 2.93. The monoisotopic (exact) mass is 405 g/mol. The number of nitrogens with zero attached hydrogens (tertiary/aromatic N) is 4. The van der Waals surface area contributed by atoms with E-state index in [0.717, 1.165) is 49.0 Å². The molecule has 0 unspecified atom stereocenters. The lowest BCUT2D eigenvalue weighted by Crippen LogP contribution is -2.43. The van der Waals surface area contributed by atoms with E-state index in [1.165, 1.54) is 25.7 Å². The molecule has 1 saturated carbocycles. The molecule has 2 fully saturated rings. The Morgan fingerprint density at radius 2 is 1.83 bits per heavy atom. The van der Waals surface area contributed by atoms with Crippen LogP contribution in [0, 0.1) is 0 Å². The van der Waals surface area contributed by atoms with E-state index in [9.17, 15) is 0 Å². The standard InChI is InChI=1S/C22H25BClN5/c23-18-14-25-29-21(13-20(27-22(18)29)17-7-3-4-8-19(17)24)26-15-9-11-28(12-10-15)16-5-1-2-6-16/h3-4,7-8,13-16,26H,1-2,5-6,9-12H2. The summed E-state index contributed by atoms with van der Waals surface area (Å²) in [4.78, 5) is 7.42. The summed E-state index contributed by atoms with van der Waals surface area (Å²) >= 11 is 6.43. The number of anilines is 1. The number of hydrogen-bond acceptors (Lipinski definition) is 4. The lowest BCUT2D eigenvalue weighted by Gasteiger charge is -2.36. The van der Waals surface area contributed by atoms with E-state index in [4.69, 9.17) is 24.4 Å². The number of aromatic nitrogens is 3. The van der Waals surface area contributed by atoms with Crippen molar-refractivity contribution < 1.29 is 0 Å². The van der Waals surface area contributed by atoms with Gasteiger partial charge in [0.1, 0.15) is 13.7 Å². The van der Waals surface area contributed by atoms with Gasteiger partial charge in [0.2, 0.25) is 0 Å². The summed E-state index contributed by atoms with van der Waals surface area (Å²) in [5.74, 6) is 0.918. The topological polar surface area (TPSA) is 45.5 Å². The minimum absolute atomic E-state index is 0.419. The fourth-order valence-electron chi connectivity index (χ4n) is 4.78. The number of likely N-dealkylation sites (tertiary alicyclic amines) is 1. The highest BCUT2D eigenvalue weighted by molar-refractivity contribution is 6.36. The predicted octanol–water partition coefficient (Wildman–Crippen LogP) is 3.66. The fourth-order valence-corrected chi connectivity index (χ4v) is 5.01. The molecule has 0 spiro atoms. The van der Waals surface area contributed by atoms with Gasteiger partial charge in [-0.25, -0.2) is 4.98 Å². The molecule has 148 valence electrons. The highest BCUT2D eigenvalue weighted by Crippen LogP contribution is 2.30. The third-order valence-electron chi connectivity index (χ3n) is 6.37. The Labute approximate surface area is 177 Å². The van der Waals surface area contributed by atoms with E-state index in [2.05, 4.69) is 15.3 Å². The number of piperidine rings is 1. The molecule has 0 atom stereocenters. The van der Waals surface area contributed by atoms with Gasteiger partial charge in [-0.1, -0.05) is 42.6 Å². The maximum atomic E-state index is 6.43. The Bertz CT molecular complexity index is 1010. The van der Waals surface area contributed by atoms with E-state index in [-0.39, 0.29) is 0 Å². The van der Waals surface area contributed by atoms with Gasteiger partial charge in [-0.05, 0) is 37.2 Å². The minimum Gasteiger partial charge on any atom is -0.367 e. The van der Waals surface area contributed by atoms with Crippen LogP contribution in [0.4, 0.5) is 5.82 Å². The summed E-state index contributed by atoms with van der Waals surface area (Å²) < 4.78 is 1.80. The van der Waals surface area contributed by atoms with Crippen LogP contribution in [0.2, 0.25) is 5.02 Å². The average molecular weight is 406 g/mol. The Kier molecular flexibility index (Phi) is 5.23. The minimum atomic E-state index is 0.419. The molecule has 7 heteroatoms. The van der Waals surface area contributed by atoms with Gasteiger partial charge in [-0.15, -0.1) is 0 Å². The summed E-state index contributed by atoms with van der Waals surface area (Å²) in [6.07, 6.45) is 9.46. The van der Waals surface area contributed by atoms with Gasteiger partial charge in [-0.2, -0.15) is 9.61 Å². The quantitative estimate of drug-likeness (QED) is 0.673. The maximum absolute atomic E-state index is 6.43. The third kappa shape index (κ3) is 3.76.